The second-order valence-electron chi connectivity index (χ2n) is 10.3. The number of amides is 2. The van der Waals surface area contributed by atoms with Gasteiger partial charge in [0.15, 0.2) is 0 Å². The van der Waals surface area contributed by atoms with Crippen molar-refractivity contribution in [2.24, 2.45) is 4.99 Å². The third-order valence-corrected chi connectivity index (χ3v) is 6.34. The van der Waals surface area contributed by atoms with Gasteiger partial charge in [-0.2, -0.15) is 4.99 Å². The number of aliphatic imine (C=N–C) groups is 1. The van der Waals surface area contributed by atoms with Gasteiger partial charge >= 0.3 is 6.09 Å². The fourth-order valence-corrected chi connectivity index (χ4v) is 4.37. The zero-order valence-electron chi connectivity index (χ0n) is 23.6. The summed E-state index contributed by atoms with van der Waals surface area (Å²) in [6.07, 6.45) is 6.88. The molecule has 0 radical (unpaired) electrons. The highest BCUT2D eigenvalue weighted by molar-refractivity contribution is 6.05. The van der Waals surface area contributed by atoms with Crippen LogP contribution in [0.4, 0.5) is 10.5 Å². The van der Waals surface area contributed by atoms with E-state index in [4.69, 9.17) is 9.47 Å². The van der Waals surface area contributed by atoms with E-state index in [2.05, 4.69) is 35.5 Å². The Balaban J connectivity index is 1.66. The molecule has 3 rings (SSSR count). The number of anilines is 1. The number of hydrogen-bond donors (Lipinski definition) is 1. The second-order valence-corrected chi connectivity index (χ2v) is 10.3. The third kappa shape index (κ3) is 7.57. The van der Waals surface area contributed by atoms with E-state index in [0.717, 1.165) is 41.8 Å². The predicted octanol–water partition coefficient (Wildman–Crippen LogP) is 7.12. The Hall–Kier alpha value is -3.87. The van der Waals surface area contributed by atoms with Crippen molar-refractivity contribution in [2.45, 2.75) is 60.0 Å². The molecule has 202 valence electrons. The lowest BCUT2D eigenvalue weighted by Gasteiger charge is -2.25. The molecular weight excluding hydrogens is 478 g/mol. The highest BCUT2D eigenvalue weighted by Gasteiger charge is 2.17. The Bertz CT molecular complexity index is 1270. The quantitative estimate of drug-likeness (QED) is 0.312. The number of methoxy groups -OCH3 is 1. The lowest BCUT2D eigenvalue weighted by Crippen LogP contribution is -2.28. The summed E-state index contributed by atoms with van der Waals surface area (Å²) in [5.41, 5.74) is 6.18. The second kappa shape index (κ2) is 12.6. The molecule has 0 bridgehead atoms. The molecule has 0 saturated carbocycles. The summed E-state index contributed by atoms with van der Waals surface area (Å²) < 4.78 is 10.8. The van der Waals surface area contributed by atoms with Crippen LogP contribution in [0.2, 0.25) is 0 Å². The molecule has 0 aromatic heterocycles. The average Bonchev–Trinajstić information content (AvgIpc) is 2.88. The number of carbonyl (C=O) groups excluding carboxylic acids is 2. The Kier molecular flexibility index (Phi) is 9.50. The van der Waals surface area contributed by atoms with Crippen LogP contribution in [0.1, 0.15) is 74.5 Å². The van der Waals surface area contributed by atoms with E-state index in [1.54, 1.807) is 13.4 Å². The summed E-state index contributed by atoms with van der Waals surface area (Å²) in [5, 5.41) is 3.01. The number of hydrogen-bond acceptors (Lipinski definition) is 4. The molecule has 2 aromatic carbocycles. The molecule has 1 aliphatic heterocycles. The van der Waals surface area contributed by atoms with Gasteiger partial charge in [-0.3, -0.25) is 4.79 Å². The number of nitrogens with zero attached hydrogens (tertiary/aromatic N) is 2. The van der Waals surface area contributed by atoms with Gasteiger partial charge in [-0.25, -0.2) is 4.79 Å². The molecule has 1 aliphatic rings. The van der Waals surface area contributed by atoms with E-state index < -0.39 is 11.7 Å². The van der Waals surface area contributed by atoms with E-state index in [1.807, 2.05) is 69.9 Å². The first-order valence-corrected chi connectivity index (χ1v) is 13.0. The van der Waals surface area contributed by atoms with Crippen molar-refractivity contribution < 1.29 is 19.1 Å². The fraction of sp³-hybridized carbons (Fsp3) is 0.387. The van der Waals surface area contributed by atoms with Gasteiger partial charge in [-0.15, -0.1) is 0 Å². The van der Waals surface area contributed by atoms with Gasteiger partial charge in [0, 0.05) is 36.0 Å². The number of carbonyl (C=O) groups is 2. The Labute approximate surface area is 226 Å². The first-order chi connectivity index (χ1) is 18.0. The maximum atomic E-state index is 13.1. The number of rotatable bonds is 7. The van der Waals surface area contributed by atoms with Gasteiger partial charge in [0.25, 0.3) is 5.91 Å². The van der Waals surface area contributed by atoms with Gasteiger partial charge in [0.05, 0.1) is 13.4 Å². The molecule has 7 nitrogen and oxygen atoms in total. The first kappa shape index (κ1) is 28.7. The van der Waals surface area contributed by atoms with Crippen LogP contribution >= 0.6 is 0 Å². The Morgan fingerprint density at radius 1 is 1.13 bits per heavy atom. The molecule has 0 atom stereocenters. The molecule has 0 aliphatic carbocycles. The third-order valence-electron chi connectivity index (χ3n) is 6.34. The van der Waals surface area contributed by atoms with Crippen molar-refractivity contribution in [3.05, 3.63) is 70.8 Å². The highest BCUT2D eigenvalue weighted by atomic mass is 16.6. The number of ether oxygens (including phenoxy) is 2. The minimum absolute atomic E-state index is 0.159. The van der Waals surface area contributed by atoms with Crippen LogP contribution in [0.25, 0.3) is 11.1 Å². The molecule has 0 fully saturated rings. The van der Waals surface area contributed by atoms with Crippen molar-refractivity contribution >= 4 is 35.2 Å². The van der Waals surface area contributed by atoms with Crippen LogP contribution in [0.5, 0.6) is 5.75 Å². The monoisotopic (exact) mass is 517 g/mol. The molecular formula is C31H39N3O4. The predicted molar refractivity (Wildman–Crippen MR) is 155 cm³/mol. The van der Waals surface area contributed by atoms with Gasteiger partial charge in [-0.05, 0) is 87.9 Å². The van der Waals surface area contributed by atoms with E-state index in [-0.39, 0.29) is 5.91 Å². The van der Waals surface area contributed by atoms with Gasteiger partial charge in [0.2, 0.25) is 0 Å². The lowest BCUT2D eigenvalue weighted by molar-refractivity contribution is 0.0603. The van der Waals surface area contributed by atoms with E-state index in [0.29, 0.717) is 17.8 Å². The lowest BCUT2D eigenvalue weighted by atomic mass is 9.95. The number of benzene rings is 2. The van der Waals surface area contributed by atoms with Gasteiger partial charge in [0.1, 0.15) is 11.4 Å². The van der Waals surface area contributed by atoms with E-state index in [9.17, 15) is 9.59 Å². The molecule has 1 heterocycles. The molecule has 0 spiro atoms. The number of aryl methyl sites for hydroxylation is 1. The molecule has 0 saturated heterocycles. The van der Waals surface area contributed by atoms with Crippen molar-refractivity contribution in [1.82, 2.24) is 4.90 Å². The Morgan fingerprint density at radius 3 is 2.45 bits per heavy atom. The standard InChI is InChI=1S/C31H39N3O4/c1-8-22(9-2)27-13-11-25(19-28(27)37-7)33-29(35)26-12-10-24(18-21(26)3)23-14-16-34(17-15-23)20-32-30(36)38-31(4,5)6/h8,10-14,18-20H,9,15-17H2,1-7H3,(H,33,35)/b22-8+,32-20+. The summed E-state index contributed by atoms with van der Waals surface area (Å²) in [5.74, 6) is 0.576. The minimum atomic E-state index is -0.588. The Morgan fingerprint density at radius 2 is 1.87 bits per heavy atom. The van der Waals surface area contributed by atoms with Crippen molar-refractivity contribution in [3.8, 4) is 5.75 Å². The molecule has 38 heavy (non-hydrogen) atoms. The highest BCUT2D eigenvalue weighted by Crippen LogP contribution is 2.31. The zero-order valence-corrected chi connectivity index (χ0v) is 23.6. The van der Waals surface area contributed by atoms with Crippen molar-refractivity contribution in [2.75, 3.05) is 25.5 Å². The number of allylic oxidation sites excluding steroid dienone is 2. The van der Waals surface area contributed by atoms with Crippen LogP contribution in [0.15, 0.2) is 53.5 Å². The van der Waals surface area contributed by atoms with E-state index in [1.165, 1.54) is 11.1 Å². The number of nitrogens with one attached hydrogen (secondary N) is 1. The average molecular weight is 518 g/mol. The summed E-state index contributed by atoms with van der Waals surface area (Å²) in [7, 11) is 1.64. The molecule has 2 aromatic rings. The SMILES string of the molecule is C/C=C(\CC)c1ccc(NC(=O)c2ccc(C3=CCN(/C=N/C(=O)OC(C)(C)C)CC3)cc2C)cc1OC. The van der Waals surface area contributed by atoms with Crippen LogP contribution < -0.4 is 10.1 Å². The van der Waals surface area contributed by atoms with Gasteiger partial charge < -0.3 is 19.7 Å². The van der Waals surface area contributed by atoms with Crippen LogP contribution in [-0.4, -0.2) is 49.0 Å². The largest absolute Gasteiger partial charge is 0.496 e. The normalized spacial score (nSPS) is 14.3. The zero-order chi connectivity index (χ0) is 27.9. The van der Waals surface area contributed by atoms with E-state index >= 15 is 0 Å². The van der Waals surface area contributed by atoms with Crippen LogP contribution in [-0.2, 0) is 4.74 Å². The van der Waals surface area contributed by atoms with Crippen LogP contribution in [0.3, 0.4) is 0 Å². The fourth-order valence-electron chi connectivity index (χ4n) is 4.37. The molecule has 1 N–H and O–H groups in total. The maximum Gasteiger partial charge on any atom is 0.435 e. The summed E-state index contributed by atoms with van der Waals surface area (Å²) in [6.45, 7) is 12.9. The molecule has 0 unspecified atom stereocenters. The first-order valence-electron chi connectivity index (χ1n) is 13.0. The van der Waals surface area contributed by atoms with Crippen molar-refractivity contribution in [1.29, 1.82) is 0 Å². The van der Waals surface area contributed by atoms with Crippen molar-refractivity contribution in [3.63, 3.8) is 0 Å². The minimum Gasteiger partial charge on any atom is -0.496 e. The summed E-state index contributed by atoms with van der Waals surface area (Å²) in [4.78, 5) is 30.8. The smallest absolute Gasteiger partial charge is 0.435 e. The molecule has 2 amide bonds. The van der Waals surface area contributed by atoms with Gasteiger partial charge in [-0.1, -0.05) is 31.2 Å². The maximum absolute atomic E-state index is 13.1. The van der Waals surface area contributed by atoms with Crippen LogP contribution in [0, 0.1) is 6.92 Å². The summed E-state index contributed by atoms with van der Waals surface area (Å²) in [6, 6.07) is 11.7. The summed E-state index contributed by atoms with van der Waals surface area (Å²) >= 11 is 0. The molecule has 7 heteroatoms. The topological polar surface area (TPSA) is 80.2 Å².